The number of fused-ring (bicyclic) bond motifs is 3. The molecule has 3 heterocycles. The maximum Gasteiger partial charge on any atom is 0.321 e. The maximum absolute atomic E-state index is 13.3. The summed E-state index contributed by atoms with van der Waals surface area (Å²) >= 11 is 14.7. The van der Waals surface area contributed by atoms with Gasteiger partial charge in [0.2, 0.25) is 0 Å². The second kappa shape index (κ2) is 11.1. The minimum absolute atomic E-state index is 0.305. The lowest BCUT2D eigenvalue weighted by molar-refractivity contribution is 0.248. The van der Waals surface area contributed by atoms with Crippen molar-refractivity contribution in [2.24, 2.45) is 4.99 Å². The van der Waals surface area contributed by atoms with E-state index < -0.39 is 12.2 Å². The first-order valence-electron chi connectivity index (χ1n) is 13.3. The van der Waals surface area contributed by atoms with E-state index in [1.807, 2.05) is 36.4 Å². The zero-order valence-electron chi connectivity index (χ0n) is 21.5. The van der Waals surface area contributed by atoms with Crippen LogP contribution in [-0.2, 0) is 6.42 Å². The van der Waals surface area contributed by atoms with Crippen molar-refractivity contribution in [3.8, 4) is 5.00 Å². The van der Waals surface area contributed by atoms with E-state index in [4.69, 9.17) is 33.3 Å². The van der Waals surface area contributed by atoms with Gasteiger partial charge in [-0.2, -0.15) is 0 Å². The van der Waals surface area contributed by atoms with Crippen LogP contribution in [0.3, 0.4) is 0 Å². The molecule has 4 aromatic rings. The molecule has 1 aliphatic carbocycles. The van der Waals surface area contributed by atoms with Crippen molar-refractivity contribution < 1.29 is 4.79 Å². The molecule has 39 heavy (non-hydrogen) atoms. The summed E-state index contributed by atoms with van der Waals surface area (Å²) in [5, 5.41) is 17.3. The maximum atomic E-state index is 13.3. The molecule has 1 fully saturated rings. The molecule has 6 rings (SSSR count). The van der Waals surface area contributed by atoms with Crippen LogP contribution in [0, 0.1) is 0 Å². The first-order valence-corrected chi connectivity index (χ1v) is 14.8. The highest BCUT2D eigenvalue weighted by atomic mass is 35.5. The fourth-order valence-corrected chi connectivity index (χ4v) is 6.85. The summed E-state index contributed by atoms with van der Waals surface area (Å²) in [5.74, 6) is 1.82. The second-order valence-electron chi connectivity index (χ2n) is 9.81. The SMILES string of the molecule is CCc1cc2c(s1)-n1c(C3CCCCC3)nnc1C(NC(=O)Nc1ccccc1Cl)N=C2c1ccccc1Cl. The Bertz CT molecular complexity index is 1550. The number of thiophene rings is 1. The Hall–Kier alpha value is -3.20. The predicted molar refractivity (Wildman–Crippen MR) is 158 cm³/mol. The Morgan fingerprint density at radius 2 is 1.69 bits per heavy atom. The van der Waals surface area contributed by atoms with Gasteiger partial charge in [-0.3, -0.25) is 9.56 Å². The van der Waals surface area contributed by atoms with E-state index >= 15 is 0 Å². The Balaban J connectivity index is 1.49. The van der Waals surface area contributed by atoms with E-state index in [1.54, 1.807) is 23.5 Å². The number of halogens is 2. The number of aliphatic imine (C=N–C) groups is 1. The first-order chi connectivity index (χ1) is 19.0. The largest absolute Gasteiger partial charge is 0.321 e. The van der Waals surface area contributed by atoms with Crippen molar-refractivity contribution in [1.82, 2.24) is 20.1 Å². The van der Waals surface area contributed by atoms with Crippen molar-refractivity contribution in [3.63, 3.8) is 0 Å². The summed E-state index contributed by atoms with van der Waals surface area (Å²) in [6, 6.07) is 16.5. The number of hydrogen-bond acceptors (Lipinski definition) is 5. The Morgan fingerprint density at radius 1 is 0.974 bits per heavy atom. The normalized spacial score (nSPS) is 17.1. The molecule has 2 N–H and O–H groups in total. The summed E-state index contributed by atoms with van der Waals surface area (Å²) in [6.45, 7) is 2.15. The van der Waals surface area contributed by atoms with Gasteiger partial charge in [0.1, 0.15) is 10.8 Å². The van der Waals surface area contributed by atoms with E-state index in [9.17, 15) is 4.79 Å². The summed E-state index contributed by atoms with van der Waals surface area (Å²) < 4.78 is 2.14. The molecule has 10 heteroatoms. The number of benzene rings is 2. The average Bonchev–Trinajstić information content (AvgIpc) is 3.55. The standard InChI is InChI=1S/C29H28Cl2N6OS/c1-2-18-16-20-24(19-12-6-7-13-21(19)30)33-25(34-29(38)32-23-15-9-8-14-22(23)31)27-36-35-26(37(27)28(20)39-18)17-10-4-3-5-11-17/h6-9,12-17,25H,2-5,10-11H2,1H3,(H2,32,34,38). The highest BCUT2D eigenvalue weighted by molar-refractivity contribution is 7.15. The van der Waals surface area contributed by atoms with Gasteiger partial charge < -0.3 is 10.6 Å². The molecule has 1 aliphatic heterocycles. The van der Waals surface area contributed by atoms with E-state index in [0.29, 0.717) is 27.5 Å². The predicted octanol–water partition coefficient (Wildman–Crippen LogP) is 7.92. The van der Waals surface area contributed by atoms with Gasteiger partial charge in [0.05, 0.1) is 16.4 Å². The molecule has 0 bridgehead atoms. The Morgan fingerprint density at radius 3 is 2.44 bits per heavy atom. The highest BCUT2D eigenvalue weighted by Crippen LogP contribution is 2.40. The quantitative estimate of drug-likeness (QED) is 0.252. The summed E-state index contributed by atoms with van der Waals surface area (Å²) in [4.78, 5) is 19.6. The average molecular weight is 580 g/mol. The molecule has 2 amide bonds. The van der Waals surface area contributed by atoms with Gasteiger partial charge in [0.25, 0.3) is 0 Å². The van der Waals surface area contributed by atoms with Gasteiger partial charge in [-0.15, -0.1) is 21.5 Å². The molecule has 1 saturated carbocycles. The lowest BCUT2D eigenvalue weighted by Gasteiger charge is -2.22. The van der Waals surface area contributed by atoms with Gasteiger partial charge in [0.15, 0.2) is 12.0 Å². The third kappa shape index (κ3) is 5.09. The fraction of sp³-hybridized carbons (Fsp3) is 0.310. The lowest BCUT2D eigenvalue weighted by atomic mass is 9.88. The Labute approximate surface area is 241 Å². The number of anilines is 1. The molecule has 7 nitrogen and oxygen atoms in total. The van der Waals surface area contributed by atoms with Gasteiger partial charge in [0, 0.05) is 26.9 Å². The molecule has 2 aromatic heterocycles. The van der Waals surface area contributed by atoms with Crippen LogP contribution in [-0.4, -0.2) is 26.5 Å². The van der Waals surface area contributed by atoms with Crippen LogP contribution < -0.4 is 10.6 Å². The molecular weight excluding hydrogens is 551 g/mol. The summed E-state index contributed by atoms with van der Waals surface area (Å²) in [7, 11) is 0. The van der Waals surface area contributed by atoms with Crippen LogP contribution in [0.4, 0.5) is 10.5 Å². The number of aromatic nitrogens is 3. The van der Waals surface area contributed by atoms with Crippen LogP contribution in [0.15, 0.2) is 59.6 Å². The summed E-state index contributed by atoms with van der Waals surface area (Å²) in [6.07, 6.45) is 5.83. The third-order valence-electron chi connectivity index (χ3n) is 7.28. The molecule has 2 aliphatic rings. The highest BCUT2D eigenvalue weighted by Gasteiger charge is 2.34. The molecule has 2 aromatic carbocycles. The van der Waals surface area contributed by atoms with E-state index in [2.05, 4.69) is 33.3 Å². The first kappa shape index (κ1) is 26.0. The number of para-hydroxylation sites is 1. The van der Waals surface area contributed by atoms with Gasteiger partial charge in [-0.25, -0.2) is 4.79 Å². The fourth-order valence-electron chi connectivity index (χ4n) is 5.33. The molecule has 1 unspecified atom stereocenters. The number of nitrogens with zero attached hydrogens (tertiary/aromatic N) is 4. The van der Waals surface area contributed by atoms with Gasteiger partial charge >= 0.3 is 6.03 Å². The Kier molecular flexibility index (Phi) is 7.42. The summed E-state index contributed by atoms with van der Waals surface area (Å²) in [5.41, 5.74) is 3.00. The van der Waals surface area contributed by atoms with Crippen LogP contribution in [0.2, 0.25) is 10.0 Å². The molecule has 0 radical (unpaired) electrons. The molecule has 0 spiro atoms. The number of nitrogens with one attached hydrogen (secondary N) is 2. The van der Waals surface area contributed by atoms with Crippen LogP contribution in [0.25, 0.3) is 5.00 Å². The van der Waals surface area contributed by atoms with Crippen LogP contribution in [0.5, 0.6) is 0 Å². The van der Waals surface area contributed by atoms with Crippen molar-refractivity contribution in [2.45, 2.75) is 57.5 Å². The van der Waals surface area contributed by atoms with Crippen LogP contribution in [0.1, 0.15) is 78.8 Å². The minimum atomic E-state index is -0.798. The molecule has 0 saturated heterocycles. The van der Waals surface area contributed by atoms with Gasteiger partial charge in [-0.1, -0.05) is 79.7 Å². The van der Waals surface area contributed by atoms with Crippen LogP contribution >= 0.6 is 34.5 Å². The van der Waals surface area contributed by atoms with E-state index in [-0.39, 0.29) is 0 Å². The van der Waals surface area contributed by atoms with Crippen molar-refractivity contribution in [2.75, 3.05) is 5.32 Å². The minimum Gasteiger partial charge on any atom is -0.309 e. The zero-order chi connectivity index (χ0) is 26.9. The van der Waals surface area contributed by atoms with E-state index in [0.717, 1.165) is 46.9 Å². The third-order valence-corrected chi connectivity index (χ3v) is 9.20. The number of urea groups is 1. The number of rotatable bonds is 5. The molecule has 1 atom stereocenters. The smallest absolute Gasteiger partial charge is 0.309 e. The van der Waals surface area contributed by atoms with Crippen molar-refractivity contribution >= 4 is 52.0 Å². The number of carbonyl (C=O) groups excluding carboxylic acids is 1. The van der Waals surface area contributed by atoms with Crippen molar-refractivity contribution in [1.29, 1.82) is 0 Å². The lowest BCUT2D eigenvalue weighted by Crippen LogP contribution is -2.33. The monoisotopic (exact) mass is 578 g/mol. The number of hydrogen-bond donors (Lipinski definition) is 2. The topological polar surface area (TPSA) is 84.2 Å². The number of aryl methyl sites for hydroxylation is 1. The zero-order valence-corrected chi connectivity index (χ0v) is 23.8. The second-order valence-corrected chi connectivity index (χ2v) is 11.7. The number of carbonyl (C=O) groups is 1. The number of amides is 2. The van der Waals surface area contributed by atoms with E-state index in [1.165, 1.54) is 24.1 Å². The molecule has 200 valence electrons. The molecular formula is C29H28Cl2N6OS. The van der Waals surface area contributed by atoms with Crippen molar-refractivity contribution in [3.05, 3.63) is 92.3 Å². The van der Waals surface area contributed by atoms with Gasteiger partial charge in [-0.05, 0) is 43.5 Å².